The van der Waals surface area contributed by atoms with E-state index in [1.165, 1.54) is 12.1 Å². The van der Waals surface area contributed by atoms with E-state index in [9.17, 15) is 18.0 Å². The molecular formula is C24H29F3N4O2. The maximum atomic E-state index is 12.9. The molecule has 0 spiro atoms. The molecule has 0 atom stereocenters. The van der Waals surface area contributed by atoms with E-state index in [0.717, 1.165) is 30.5 Å². The normalized spacial score (nSPS) is 18.3. The topological polar surface area (TPSA) is 48.1 Å². The van der Waals surface area contributed by atoms with Crippen molar-refractivity contribution in [3.8, 4) is 0 Å². The van der Waals surface area contributed by atoms with Crippen LogP contribution in [0.5, 0.6) is 0 Å². The van der Waals surface area contributed by atoms with Crippen molar-refractivity contribution in [2.45, 2.75) is 12.7 Å². The van der Waals surface area contributed by atoms with Crippen LogP contribution in [0.15, 0.2) is 48.5 Å². The third-order valence-corrected chi connectivity index (χ3v) is 6.02. The first kappa shape index (κ1) is 23.5. The minimum Gasteiger partial charge on any atom is -0.378 e. The van der Waals surface area contributed by atoms with Gasteiger partial charge in [-0.1, -0.05) is 30.3 Å². The summed E-state index contributed by atoms with van der Waals surface area (Å²) in [7, 11) is 0. The quantitative estimate of drug-likeness (QED) is 0.714. The summed E-state index contributed by atoms with van der Waals surface area (Å²) in [6.07, 6.45) is -4.33. The second-order valence-electron chi connectivity index (χ2n) is 8.42. The van der Waals surface area contributed by atoms with Gasteiger partial charge in [0.2, 0.25) is 5.91 Å². The first-order valence-corrected chi connectivity index (χ1v) is 11.2. The van der Waals surface area contributed by atoms with Crippen molar-refractivity contribution >= 4 is 17.3 Å². The SMILES string of the molecule is O=C(CN1CCN(Cc2cccc(C(F)(F)F)c2)CC1)Nc1ccccc1N1CCOCC1. The zero-order valence-electron chi connectivity index (χ0n) is 18.5. The van der Waals surface area contributed by atoms with Crippen LogP contribution in [-0.4, -0.2) is 74.7 Å². The molecule has 178 valence electrons. The number of morpholine rings is 1. The van der Waals surface area contributed by atoms with Crippen molar-refractivity contribution in [2.24, 2.45) is 0 Å². The van der Waals surface area contributed by atoms with Crippen LogP contribution in [0.25, 0.3) is 0 Å². The molecule has 2 aliphatic rings. The van der Waals surface area contributed by atoms with Crippen molar-refractivity contribution in [1.29, 1.82) is 0 Å². The first-order valence-electron chi connectivity index (χ1n) is 11.2. The summed E-state index contributed by atoms with van der Waals surface area (Å²) < 4.78 is 44.2. The lowest BCUT2D eigenvalue weighted by Crippen LogP contribution is -2.48. The molecule has 9 heteroatoms. The van der Waals surface area contributed by atoms with Gasteiger partial charge in [0.05, 0.1) is 36.7 Å². The zero-order valence-corrected chi connectivity index (χ0v) is 18.5. The van der Waals surface area contributed by atoms with E-state index in [1.54, 1.807) is 6.07 Å². The minimum atomic E-state index is -4.33. The Morgan fingerprint density at radius 1 is 0.909 bits per heavy atom. The van der Waals surface area contributed by atoms with E-state index in [0.29, 0.717) is 51.5 Å². The van der Waals surface area contributed by atoms with Gasteiger partial charge in [-0.15, -0.1) is 0 Å². The molecule has 0 aliphatic carbocycles. The molecule has 0 saturated carbocycles. The second kappa shape index (κ2) is 10.5. The lowest BCUT2D eigenvalue weighted by atomic mass is 10.1. The molecule has 1 amide bonds. The highest BCUT2D eigenvalue weighted by molar-refractivity contribution is 5.95. The molecule has 1 N–H and O–H groups in total. The van der Waals surface area contributed by atoms with Gasteiger partial charge in [0.25, 0.3) is 0 Å². The molecule has 2 fully saturated rings. The number of nitrogens with one attached hydrogen (secondary N) is 1. The average molecular weight is 463 g/mol. The zero-order chi connectivity index (χ0) is 23.3. The van der Waals surface area contributed by atoms with Gasteiger partial charge >= 0.3 is 6.18 Å². The number of piperazine rings is 1. The number of rotatable bonds is 6. The van der Waals surface area contributed by atoms with Gasteiger partial charge in [0.1, 0.15) is 0 Å². The highest BCUT2D eigenvalue weighted by Gasteiger charge is 2.30. The van der Waals surface area contributed by atoms with Crippen LogP contribution in [0.4, 0.5) is 24.5 Å². The average Bonchev–Trinajstić information content (AvgIpc) is 2.81. The molecule has 4 rings (SSSR count). The number of anilines is 2. The van der Waals surface area contributed by atoms with Crippen LogP contribution in [-0.2, 0) is 22.3 Å². The Morgan fingerprint density at radius 2 is 1.61 bits per heavy atom. The molecule has 2 saturated heterocycles. The second-order valence-corrected chi connectivity index (χ2v) is 8.42. The molecule has 0 bridgehead atoms. The number of carbonyl (C=O) groups excluding carboxylic acids is 1. The summed E-state index contributed by atoms with van der Waals surface area (Å²) >= 11 is 0. The summed E-state index contributed by atoms with van der Waals surface area (Å²) in [5, 5.41) is 3.04. The summed E-state index contributed by atoms with van der Waals surface area (Å²) in [6.45, 7) is 6.48. The van der Waals surface area contributed by atoms with Gasteiger partial charge in [-0.25, -0.2) is 0 Å². The summed E-state index contributed by atoms with van der Waals surface area (Å²) in [5.41, 5.74) is 1.83. The maximum Gasteiger partial charge on any atom is 0.416 e. The molecular weight excluding hydrogens is 433 g/mol. The van der Waals surface area contributed by atoms with E-state index in [-0.39, 0.29) is 12.5 Å². The molecule has 2 heterocycles. The van der Waals surface area contributed by atoms with Crippen molar-refractivity contribution in [1.82, 2.24) is 9.80 Å². The van der Waals surface area contributed by atoms with Gasteiger partial charge in [-0.05, 0) is 23.8 Å². The van der Waals surface area contributed by atoms with E-state index in [2.05, 4.69) is 20.0 Å². The van der Waals surface area contributed by atoms with Gasteiger partial charge < -0.3 is 15.0 Å². The number of hydrogen-bond acceptors (Lipinski definition) is 5. The van der Waals surface area contributed by atoms with Gasteiger partial charge in [-0.2, -0.15) is 13.2 Å². The van der Waals surface area contributed by atoms with E-state index in [4.69, 9.17) is 4.74 Å². The predicted octanol–water partition coefficient (Wildman–Crippen LogP) is 3.30. The number of hydrogen-bond donors (Lipinski definition) is 1. The summed E-state index contributed by atoms with van der Waals surface area (Å²) in [6, 6.07) is 13.3. The number of alkyl halides is 3. The Labute approximate surface area is 191 Å². The number of benzene rings is 2. The van der Waals surface area contributed by atoms with Crippen molar-refractivity contribution in [3.05, 3.63) is 59.7 Å². The Kier molecular flexibility index (Phi) is 7.52. The number of nitrogens with zero attached hydrogens (tertiary/aromatic N) is 3. The van der Waals surface area contributed by atoms with E-state index in [1.807, 2.05) is 24.3 Å². The smallest absolute Gasteiger partial charge is 0.378 e. The third kappa shape index (κ3) is 6.46. The highest BCUT2D eigenvalue weighted by atomic mass is 19.4. The number of ether oxygens (including phenoxy) is 1. The first-order chi connectivity index (χ1) is 15.9. The van der Waals surface area contributed by atoms with Crippen molar-refractivity contribution < 1.29 is 22.7 Å². The van der Waals surface area contributed by atoms with Crippen LogP contribution in [0.2, 0.25) is 0 Å². The molecule has 2 aliphatic heterocycles. The molecule has 0 radical (unpaired) electrons. The lowest BCUT2D eigenvalue weighted by Gasteiger charge is -2.34. The Balaban J connectivity index is 1.26. The van der Waals surface area contributed by atoms with E-state index < -0.39 is 11.7 Å². The minimum absolute atomic E-state index is 0.0676. The van der Waals surface area contributed by atoms with Gasteiger partial charge in [0.15, 0.2) is 0 Å². The Bertz CT molecular complexity index is 939. The summed E-state index contributed by atoms with van der Waals surface area (Å²) in [5.74, 6) is -0.0676. The lowest BCUT2D eigenvalue weighted by molar-refractivity contribution is -0.137. The Morgan fingerprint density at radius 3 is 2.33 bits per heavy atom. The molecule has 33 heavy (non-hydrogen) atoms. The predicted molar refractivity (Wildman–Crippen MR) is 121 cm³/mol. The molecule has 0 unspecified atom stereocenters. The monoisotopic (exact) mass is 462 g/mol. The largest absolute Gasteiger partial charge is 0.416 e. The van der Waals surface area contributed by atoms with Crippen molar-refractivity contribution in [2.75, 3.05) is 69.2 Å². The fourth-order valence-electron chi connectivity index (χ4n) is 4.26. The van der Waals surface area contributed by atoms with Gasteiger partial charge in [0, 0.05) is 45.8 Å². The Hall–Kier alpha value is -2.62. The van der Waals surface area contributed by atoms with Crippen LogP contribution < -0.4 is 10.2 Å². The van der Waals surface area contributed by atoms with E-state index >= 15 is 0 Å². The van der Waals surface area contributed by atoms with Crippen LogP contribution in [0, 0.1) is 0 Å². The van der Waals surface area contributed by atoms with Crippen LogP contribution in [0.3, 0.4) is 0 Å². The fourth-order valence-corrected chi connectivity index (χ4v) is 4.26. The fraction of sp³-hybridized carbons (Fsp3) is 0.458. The number of carbonyl (C=O) groups is 1. The van der Waals surface area contributed by atoms with Crippen molar-refractivity contribution in [3.63, 3.8) is 0 Å². The molecule has 2 aromatic rings. The number of amides is 1. The highest BCUT2D eigenvalue weighted by Crippen LogP contribution is 2.30. The van der Waals surface area contributed by atoms with Crippen LogP contribution in [0.1, 0.15) is 11.1 Å². The molecule has 0 aromatic heterocycles. The molecule has 6 nitrogen and oxygen atoms in total. The third-order valence-electron chi connectivity index (χ3n) is 6.02. The maximum absolute atomic E-state index is 12.9. The number of halogens is 3. The van der Waals surface area contributed by atoms with Crippen LogP contribution >= 0.6 is 0 Å². The number of para-hydroxylation sites is 2. The van der Waals surface area contributed by atoms with Gasteiger partial charge in [-0.3, -0.25) is 14.6 Å². The molecule has 2 aromatic carbocycles. The summed E-state index contributed by atoms with van der Waals surface area (Å²) in [4.78, 5) is 19.1. The standard InChI is InChI=1S/C24H29F3N4O2/c25-24(26,27)20-5-3-4-19(16-20)17-29-8-10-30(11-9-29)18-23(32)28-21-6-1-2-7-22(21)31-12-14-33-15-13-31/h1-7,16H,8-15,17-18H2,(H,28,32).